The zero-order valence-corrected chi connectivity index (χ0v) is 10.1. The Morgan fingerprint density at radius 3 is 2.65 bits per heavy atom. The third-order valence-corrected chi connectivity index (χ3v) is 1.78. The number of ether oxygens (including phenoxy) is 1. The number of unbranched alkanes of at least 4 members (excludes halogenated alkanes) is 1. The van der Waals surface area contributed by atoms with Crippen LogP contribution in [0.5, 0.6) is 0 Å². The van der Waals surface area contributed by atoms with E-state index in [2.05, 4.69) is 10.1 Å². The molecule has 0 heterocycles. The molecule has 0 aromatic rings. The molecule has 0 aliphatic carbocycles. The zero-order valence-electron chi connectivity index (χ0n) is 10.1. The van der Waals surface area contributed by atoms with Crippen molar-refractivity contribution in [1.29, 1.82) is 5.26 Å². The van der Waals surface area contributed by atoms with Crippen LogP contribution >= 0.6 is 0 Å². The monoisotopic (exact) mass is 239 g/mol. The van der Waals surface area contributed by atoms with Crippen molar-refractivity contribution in [3.8, 4) is 6.07 Å². The molecule has 0 saturated carbocycles. The highest BCUT2D eigenvalue weighted by Gasteiger charge is 2.12. The van der Waals surface area contributed by atoms with Gasteiger partial charge in [0.1, 0.15) is 11.6 Å². The first-order chi connectivity index (χ1) is 8.15. The second-order valence-corrected chi connectivity index (χ2v) is 3.15. The minimum absolute atomic E-state index is 0.158. The molecule has 0 aliphatic heterocycles. The highest BCUT2D eigenvalue weighted by molar-refractivity contribution is 6.04. The fourth-order valence-corrected chi connectivity index (χ4v) is 0.929. The fourth-order valence-electron chi connectivity index (χ4n) is 0.929. The molecule has 6 nitrogen and oxygen atoms in total. The number of hydrogen-bond donors (Lipinski definition) is 2. The van der Waals surface area contributed by atoms with Crippen LogP contribution in [0.2, 0.25) is 0 Å². The smallest absolute Gasteiger partial charge is 0.414 e. The number of nitrogens with zero attached hydrogens (tertiary/aromatic N) is 1. The van der Waals surface area contributed by atoms with E-state index in [0.717, 1.165) is 12.8 Å². The quantitative estimate of drug-likeness (QED) is 0.411. The summed E-state index contributed by atoms with van der Waals surface area (Å²) in [5.41, 5.74) is -0.158. The van der Waals surface area contributed by atoms with Gasteiger partial charge in [0.2, 0.25) is 0 Å². The number of carbonyl (C=O) groups excluding carboxylic acids is 2. The van der Waals surface area contributed by atoms with Crippen LogP contribution in [0.15, 0.2) is 11.8 Å². The Balaban J connectivity index is 4.21. The SMILES string of the molecule is CCCCN/C=C(/C#N)C(=O)NC(=O)OCC. The van der Waals surface area contributed by atoms with Gasteiger partial charge in [-0.3, -0.25) is 10.1 Å². The van der Waals surface area contributed by atoms with Gasteiger partial charge < -0.3 is 10.1 Å². The maximum absolute atomic E-state index is 11.4. The Morgan fingerprint density at radius 2 is 2.12 bits per heavy atom. The summed E-state index contributed by atoms with van der Waals surface area (Å²) in [5, 5.41) is 13.5. The highest BCUT2D eigenvalue weighted by Crippen LogP contribution is 1.92. The second-order valence-electron chi connectivity index (χ2n) is 3.15. The molecular weight excluding hydrogens is 222 g/mol. The summed E-state index contributed by atoms with van der Waals surface area (Å²) in [7, 11) is 0. The van der Waals surface area contributed by atoms with Gasteiger partial charge in [-0.05, 0) is 13.3 Å². The number of amides is 2. The van der Waals surface area contributed by atoms with E-state index < -0.39 is 12.0 Å². The van der Waals surface area contributed by atoms with E-state index in [1.807, 2.05) is 12.2 Å². The van der Waals surface area contributed by atoms with Crippen molar-refractivity contribution in [3.05, 3.63) is 11.8 Å². The van der Waals surface area contributed by atoms with E-state index in [0.29, 0.717) is 6.54 Å². The maximum Gasteiger partial charge on any atom is 0.414 e. The largest absolute Gasteiger partial charge is 0.450 e. The van der Waals surface area contributed by atoms with E-state index in [1.165, 1.54) is 6.20 Å². The average Bonchev–Trinajstić information content (AvgIpc) is 2.29. The van der Waals surface area contributed by atoms with E-state index in [-0.39, 0.29) is 12.2 Å². The van der Waals surface area contributed by atoms with Crippen LogP contribution in [-0.2, 0) is 9.53 Å². The predicted molar refractivity (Wildman–Crippen MR) is 61.8 cm³/mol. The second kappa shape index (κ2) is 9.21. The number of nitrogens with one attached hydrogen (secondary N) is 2. The van der Waals surface area contributed by atoms with Crippen molar-refractivity contribution in [2.75, 3.05) is 13.2 Å². The maximum atomic E-state index is 11.4. The molecule has 0 bridgehead atoms. The van der Waals surface area contributed by atoms with Crippen molar-refractivity contribution < 1.29 is 14.3 Å². The third-order valence-electron chi connectivity index (χ3n) is 1.78. The normalized spacial score (nSPS) is 10.3. The van der Waals surface area contributed by atoms with Crippen LogP contribution in [0.25, 0.3) is 0 Å². The van der Waals surface area contributed by atoms with Gasteiger partial charge in [-0.25, -0.2) is 4.79 Å². The van der Waals surface area contributed by atoms with Gasteiger partial charge in [-0.1, -0.05) is 13.3 Å². The van der Waals surface area contributed by atoms with Crippen LogP contribution in [0.1, 0.15) is 26.7 Å². The van der Waals surface area contributed by atoms with Gasteiger partial charge in [0.05, 0.1) is 6.61 Å². The molecule has 0 saturated heterocycles. The fraction of sp³-hybridized carbons (Fsp3) is 0.545. The number of carbonyl (C=O) groups is 2. The van der Waals surface area contributed by atoms with Gasteiger partial charge in [0, 0.05) is 12.7 Å². The lowest BCUT2D eigenvalue weighted by Crippen LogP contribution is -2.32. The van der Waals surface area contributed by atoms with E-state index >= 15 is 0 Å². The Hall–Kier alpha value is -2.03. The van der Waals surface area contributed by atoms with Crippen molar-refractivity contribution in [2.24, 2.45) is 0 Å². The topological polar surface area (TPSA) is 91.2 Å². The number of imide groups is 1. The molecule has 0 fully saturated rings. The summed E-state index contributed by atoms with van der Waals surface area (Å²) in [6, 6.07) is 1.71. The van der Waals surface area contributed by atoms with Gasteiger partial charge in [0.15, 0.2) is 0 Å². The molecule has 2 amide bonds. The molecule has 0 rings (SSSR count). The van der Waals surface area contributed by atoms with Gasteiger partial charge >= 0.3 is 6.09 Å². The Bertz CT molecular complexity index is 331. The molecule has 0 aromatic carbocycles. The lowest BCUT2D eigenvalue weighted by Gasteiger charge is -2.03. The van der Waals surface area contributed by atoms with Gasteiger partial charge in [-0.15, -0.1) is 0 Å². The molecule has 94 valence electrons. The third kappa shape index (κ3) is 6.95. The molecular formula is C11H17N3O3. The van der Waals surface area contributed by atoms with Crippen LogP contribution in [0.3, 0.4) is 0 Å². The van der Waals surface area contributed by atoms with Crippen LogP contribution in [-0.4, -0.2) is 25.2 Å². The van der Waals surface area contributed by atoms with Crippen molar-refractivity contribution >= 4 is 12.0 Å². The summed E-state index contributed by atoms with van der Waals surface area (Å²) in [6.45, 7) is 4.50. The first-order valence-corrected chi connectivity index (χ1v) is 5.47. The summed E-state index contributed by atoms with van der Waals surface area (Å²) in [5.74, 6) is -0.769. The molecule has 0 spiro atoms. The standard InChI is InChI=1S/C11H17N3O3/c1-3-5-6-13-8-9(7-12)10(15)14-11(16)17-4-2/h8,13H,3-6H2,1-2H3,(H,14,15,16)/b9-8-. The minimum Gasteiger partial charge on any atom is -0.450 e. The average molecular weight is 239 g/mol. The van der Waals surface area contributed by atoms with E-state index in [1.54, 1.807) is 13.0 Å². The number of rotatable bonds is 6. The molecule has 17 heavy (non-hydrogen) atoms. The molecule has 0 unspecified atom stereocenters. The molecule has 0 aromatic heterocycles. The van der Waals surface area contributed by atoms with Gasteiger partial charge in [0.25, 0.3) is 5.91 Å². The number of nitriles is 1. The lowest BCUT2D eigenvalue weighted by atomic mass is 10.3. The highest BCUT2D eigenvalue weighted by atomic mass is 16.5. The number of alkyl carbamates (subject to hydrolysis) is 1. The Morgan fingerprint density at radius 1 is 1.41 bits per heavy atom. The first-order valence-electron chi connectivity index (χ1n) is 5.47. The van der Waals surface area contributed by atoms with Crippen LogP contribution in [0, 0.1) is 11.3 Å². The number of hydrogen-bond acceptors (Lipinski definition) is 5. The Labute approximate surface area is 101 Å². The van der Waals surface area contributed by atoms with E-state index in [9.17, 15) is 9.59 Å². The van der Waals surface area contributed by atoms with Crippen molar-refractivity contribution in [2.45, 2.75) is 26.7 Å². The first kappa shape index (κ1) is 15.0. The zero-order chi connectivity index (χ0) is 13.1. The van der Waals surface area contributed by atoms with Crippen LogP contribution in [0.4, 0.5) is 4.79 Å². The molecule has 0 radical (unpaired) electrons. The van der Waals surface area contributed by atoms with Gasteiger partial charge in [-0.2, -0.15) is 5.26 Å². The Kier molecular flexibility index (Phi) is 8.11. The summed E-state index contributed by atoms with van der Waals surface area (Å²) >= 11 is 0. The predicted octanol–water partition coefficient (Wildman–Crippen LogP) is 1.06. The summed E-state index contributed by atoms with van der Waals surface area (Å²) in [6.07, 6.45) is 2.39. The van der Waals surface area contributed by atoms with Crippen LogP contribution < -0.4 is 10.6 Å². The van der Waals surface area contributed by atoms with Crippen molar-refractivity contribution in [1.82, 2.24) is 10.6 Å². The molecule has 0 aliphatic rings. The van der Waals surface area contributed by atoms with E-state index in [4.69, 9.17) is 5.26 Å². The molecule has 0 atom stereocenters. The molecule has 2 N–H and O–H groups in total. The van der Waals surface area contributed by atoms with Crippen molar-refractivity contribution in [3.63, 3.8) is 0 Å². The summed E-state index contributed by atoms with van der Waals surface area (Å²) in [4.78, 5) is 22.3. The lowest BCUT2D eigenvalue weighted by molar-refractivity contribution is -0.116. The molecule has 6 heteroatoms. The minimum atomic E-state index is -0.854. The summed E-state index contributed by atoms with van der Waals surface area (Å²) < 4.78 is 4.52.